The van der Waals surface area contributed by atoms with E-state index in [0.717, 1.165) is 24.3 Å². The number of aromatic nitrogens is 5. The second kappa shape index (κ2) is 9.25. The molecule has 1 N–H and O–H groups in total. The first-order chi connectivity index (χ1) is 10.8. The van der Waals surface area contributed by atoms with Gasteiger partial charge in [0.25, 0.3) is 0 Å². The van der Waals surface area contributed by atoms with Gasteiger partial charge in [-0.1, -0.05) is 44.7 Å². The van der Waals surface area contributed by atoms with Crippen LogP contribution in [0.1, 0.15) is 58.1 Å². The lowest BCUT2D eigenvalue weighted by Gasteiger charge is -2.15. The minimum atomic E-state index is 0.557. The van der Waals surface area contributed by atoms with Gasteiger partial charge in [-0.15, -0.1) is 5.10 Å². The minimum absolute atomic E-state index is 0.557. The van der Waals surface area contributed by atoms with E-state index in [1.165, 1.54) is 38.4 Å². The first-order valence-corrected chi connectivity index (χ1v) is 8.23. The first kappa shape index (κ1) is 16.5. The summed E-state index contributed by atoms with van der Waals surface area (Å²) in [6, 6.07) is 0.557. The minimum Gasteiger partial charge on any atom is -0.308 e. The predicted molar refractivity (Wildman–Crippen MR) is 86.6 cm³/mol. The van der Waals surface area contributed by atoms with Crippen molar-refractivity contribution in [2.75, 3.05) is 0 Å². The SMILES string of the molecule is CCCCCCC(CC)NCc1cn(-c2cncnc2)nn1. The molecule has 0 radical (unpaired) electrons. The summed E-state index contributed by atoms with van der Waals surface area (Å²) in [5.41, 5.74) is 1.77. The van der Waals surface area contributed by atoms with E-state index in [2.05, 4.69) is 39.4 Å². The molecule has 0 aromatic carbocycles. The quantitative estimate of drug-likeness (QED) is 0.683. The lowest BCUT2D eigenvalue weighted by atomic mass is 10.1. The summed E-state index contributed by atoms with van der Waals surface area (Å²) in [6.45, 7) is 5.23. The maximum Gasteiger partial charge on any atom is 0.115 e. The van der Waals surface area contributed by atoms with Gasteiger partial charge in [0.15, 0.2) is 0 Å². The van der Waals surface area contributed by atoms with Crippen LogP contribution in [0.25, 0.3) is 5.69 Å². The van der Waals surface area contributed by atoms with Crippen molar-refractivity contribution in [3.63, 3.8) is 0 Å². The second-order valence-electron chi connectivity index (χ2n) is 5.59. The van der Waals surface area contributed by atoms with E-state index in [4.69, 9.17) is 0 Å². The zero-order valence-corrected chi connectivity index (χ0v) is 13.6. The highest BCUT2D eigenvalue weighted by molar-refractivity contribution is 5.22. The normalized spacial score (nSPS) is 12.5. The van der Waals surface area contributed by atoms with Crippen LogP contribution in [0.15, 0.2) is 24.9 Å². The molecule has 0 aliphatic heterocycles. The highest BCUT2D eigenvalue weighted by Crippen LogP contribution is 2.09. The number of rotatable bonds is 10. The van der Waals surface area contributed by atoms with Gasteiger partial charge < -0.3 is 5.32 Å². The molecule has 120 valence electrons. The van der Waals surface area contributed by atoms with Crippen LogP contribution in [0.3, 0.4) is 0 Å². The third kappa shape index (κ3) is 5.18. The molecule has 2 aromatic rings. The lowest BCUT2D eigenvalue weighted by molar-refractivity contribution is 0.441. The molecule has 2 heterocycles. The molecule has 6 nitrogen and oxygen atoms in total. The van der Waals surface area contributed by atoms with Crippen LogP contribution in [0.5, 0.6) is 0 Å². The van der Waals surface area contributed by atoms with Gasteiger partial charge in [-0.2, -0.15) is 0 Å². The van der Waals surface area contributed by atoms with Gasteiger partial charge in [0.1, 0.15) is 12.0 Å². The molecule has 6 heteroatoms. The van der Waals surface area contributed by atoms with E-state index >= 15 is 0 Å². The van der Waals surface area contributed by atoms with Crippen LogP contribution < -0.4 is 5.32 Å². The summed E-state index contributed by atoms with van der Waals surface area (Å²) < 4.78 is 1.71. The fourth-order valence-electron chi connectivity index (χ4n) is 2.43. The van der Waals surface area contributed by atoms with E-state index in [1.807, 2.05) is 6.20 Å². The second-order valence-corrected chi connectivity index (χ2v) is 5.59. The fourth-order valence-corrected chi connectivity index (χ4v) is 2.43. The Kier molecular flexibility index (Phi) is 6.96. The van der Waals surface area contributed by atoms with Crippen LogP contribution in [-0.4, -0.2) is 31.0 Å². The molecule has 0 aliphatic carbocycles. The summed E-state index contributed by atoms with van der Waals surface area (Å²) in [7, 11) is 0. The number of unbranched alkanes of at least 4 members (excludes halogenated alkanes) is 3. The van der Waals surface area contributed by atoms with Crippen molar-refractivity contribution in [1.29, 1.82) is 0 Å². The molecule has 2 rings (SSSR count). The average molecular weight is 302 g/mol. The van der Waals surface area contributed by atoms with E-state index in [1.54, 1.807) is 17.1 Å². The molecule has 0 amide bonds. The molecule has 2 aromatic heterocycles. The maximum atomic E-state index is 4.20. The molecule has 0 spiro atoms. The highest BCUT2D eigenvalue weighted by Gasteiger charge is 2.08. The molecule has 0 aliphatic rings. The van der Waals surface area contributed by atoms with Crippen molar-refractivity contribution < 1.29 is 0 Å². The van der Waals surface area contributed by atoms with E-state index < -0.39 is 0 Å². The Balaban J connectivity index is 1.79. The number of hydrogen-bond donors (Lipinski definition) is 1. The first-order valence-electron chi connectivity index (χ1n) is 8.23. The molecule has 22 heavy (non-hydrogen) atoms. The Hall–Kier alpha value is -1.82. The van der Waals surface area contributed by atoms with E-state index in [9.17, 15) is 0 Å². The molecule has 1 atom stereocenters. The van der Waals surface area contributed by atoms with Crippen LogP contribution in [-0.2, 0) is 6.54 Å². The largest absolute Gasteiger partial charge is 0.308 e. The van der Waals surface area contributed by atoms with Crippen molar-refractivity contribution in [2.24, 2.45) is 0 Å². The summed E-state index contributed by atoms with van der Waals surface area (Å²) in [5, 5.41) is 11.9. The molecular formula is C16H26N6. The van der Waals surface area contributed by atoms with Crippen molar-refractivity contribution >= 4 is 0 Å². The summed E-state index contributed by atoms with van der Waals surface area (Å²) in [5.74, 6) is 0. The Morgan fingerprint density at radius 2 is 1.95 bits per heavy atom. The Labute approximate surface area is 132 Å². The van der Waals surface area contributed by atoms with Crippen molar-refractivity contribution in [2.45, 2.75) is 65.0 Å². The van der Waals surface area contributed by atoms with E-state index in [-0.39, 0.29) is 0 Å². The highest BCUT2D eigenvalue weighted by atomic mass is 15.4. The number of nitrogens with one attached hydrogen (secondary N) is 1. The lowest BCUT2D eigenvalue weighted by Crippen LogP contribution is -2.28. The number of hydrogen-bond acceptors (Lipinski definition) is 5. The molecule has 1 unspecified atom stereocenters. The third-order valence-corrected chi connectivity index (χ3v) is 3.82. The Bertz CT molecular complexity index is 524. The van der Waals surface area contributed by atoms with Crippen LogP contribution >= 0.6 is 0 Å². The fraction of sp³-hybridized carbons (Fsp3) is 0.625. The van der Waals surface area contributed by atoms with Gasteiger partial charge in [-0.3, -0.25) is 0 Å². The monoisotopic (exact) mass is 302 g/mol. The molecule has 0 saturated heterocycles. The van der Waals surface area contributed by atoms with Crippen molar-refractivity contribution in [3.05, 3.63) is 30.6 Å². The van der Waals surface area contributed by atoms with Crippen LogP contribution in [0.4, 0.5) is 0 Å². The van der Waals surface area contributed by atoms with Crippen LogP contribution in [0, 0.1) is 0 Å². The number of nitrogens with zero attached hydrogens (tertiary/aromatic N) is 5. The Morgan fingerprint density at radius 1 is 1.14 bits per heavy atom. The van der Waals surface area contributed by atoms with Crippen molar-refractivity contribution in [3.8, 4) is 5.69 Å². The Morgan fingerprint density at radius 3 is 2.68 bits per heavy atom. The zero-order valence-electron chi connectivity index (χ0n) is 13.6. The van der Waals surface area contributed by atoms with Gasteiger partial charge in [-0.25, -0.2) is 14.6 Å². The maximum absolute atomic E-state index is 4.20. The summed E-state index contributed by atoms with van der Waals surface area (Å²) in [6.07, 6.45) is 14.5. The zero-order chi connectivity index (χ0) is 15.6. The van der Waals surface area contributed by atoms with E-state index in [0.29, 0.717) is 6.04 Å². The average Bonchev–Trinajstić information content (AvgIpc) is 3.04. The predicted octanol–water partition coefficient (Wildman–Crippen LogP) is 2.90. The molecule has 0 bridgehead atoms. The molecular weight excluding hydrogens is 276 g/mol. The van der Waals surface area contributed by atoms with Gasteiger partial charge in [0.2, 0.25) is 0 Å². The van der Waals surface area contributed by atoms with Gasteiger partial charge in [-0.05, 0) is 12.8 Å². The topological polar surface area (TPSA) is 68.5 Å². The van der Waals surface area contributed by atoms with Gasteiger partial charge in [0, 0.05) is 12.6 Å². The third-order valence-electron chi connectivity index (χ3n) is 3.82. The smallest absolute Gasteiger partial charge is 0.115 e. The summed E-state index contributed by atoms with van der Waals surface area (Å²) in [4.78, 5) is 7.98. The van der Waals surface area contributed by atoms with Crippen LogP contribution in [0.2, 0.25) is 0 Å². The standard InChI is InChI=1S/C16H26N6/c1-3-5-6-7-8-14(4-2)19-9-15-12-22(21-20-15)16-10-17-13-18-11-16/h10-14,19H,3-9H2,1-2H3. The molecule has 0 saturated carbocycles. The molecule has 0 fully saturated rings. The van der Waals surface area contributed by atoms with Gasteiger partial charge >= 0.3 is 0 Å². The summed E-state index contributed by atoms with van der Waals surface area (Å²) >= 11 is 0. The van der Waals surface area contributed by atoms with Gasteiger partial charge in [0.05, 0.1) is 24.3 Å². The van der Waals surface area contributed by atoms with Crippen molar-refractivity contribution in [1.82, 2.24) is 30.3 Å².